The molecule has 0 aliphatic carbocycles. The molecule has 2 atom stereocenters. The van der Waals surface area contributed by atoms with E-state index in [1.165, 1.54) is 32.2 Å². The van der Waals surface area contributed by atoms with Crippen LogP contribution in [0.25, 0.3) is 0 Å². The molecule has 2 N–H and O–H groups in total. The van der Waals surface area contributed by atoms with Gasteiger partial charge in [-0.05, 0) is 23.3 Å². The highest BCUT2D eigenvalue weighted by atomic mass is 19.1. The highest BCUT2D eigenvalue weighted by Gasteiger charge is 2.27. The predicted octanol–water partition coefficient (Wildman–Crippen LogP) is 1.77. The second-order valence-corrected chi connectivity index (χ2v) is 6.36. The lowest BCUT2D eigenvalue weighted by Crippen LogP contribution is -2.53. The van der Waals surface area contributed by atoms with Crippen molar-refractivity contribution in [2.24, 2.45) is 0 Å². The van der Waals surface area contributed by atoms with Gasteiger partial charge < -0.3 is 15.4 Å². The summed E-state index contributed by atoms with van der Waals surface area (Å²) in [6, 6.07) is 13.1. The minimum Gasteiger partial charge on any atom is -0.467 e. The Morgan fingerprint density at radius 3 is 2.18 bits per heavy atom. The first-order valence-electron chi connectivity index (χ1n) is 8.82. The summed E-state index contributed by atoms with van der Waals surface area (Å²) in [6.07, 6.45) is 0.328. The zero-order chi connectivity index (χ0) is 20.5. The molecule has 0 bridgehead atoms. The van der Waals surface area contributed by atoms with Gasteiger partial charge in [-0.25, -0.2) is 9.18 Å². The smallest absolute Gasteiger partial charge is 0.328 e. The van der Waals surface area contributed by atoms with Gasteiger partial charge in [0.2, 0.25) is 11.8 Å². The van der Waals surface area contributed by atoms with Crippen LogP contribution in [0.5, 0.6) is 0 Å². The molecule has 0 radical (unpaired) electrons. The van der Waals surface area contributed by atoms with E-state index in [0.717, 1.165) is 5.56 Å². The van der Waals surface area contributed by atoms with Crippen LogP contribution >= 0.6 is 0 Å². The van der Waals surface area contributed by atoms with E-state index in [1.807, 2.05) is 30.3 Å². The lowest BCUT2D eigenvalue weighted by atomic mass is 10.0. The molecule has 28 heavy (non-hydrogen) atoms. The lowest BCUT2D eigenvalue weighted by molar-refractivity contribution is -0.145. The van der Waals surface area contributed by atoms with Crippen LogP contribution in [0.3, 0.4) is 0 Å². The molecule has 0 aliphatic heterocycles. The zero-order valence-electron chi connectivity index (χ0n) is 15.8. The Kier molecular flexibility index (Phi) is 7.68. The summed E-state index contributed by atoms with van der Waals surface area (Å²) in [5.41, 5.74) is 1.39. The number of nitrogens with one attached hydrogen (secondary N) is 2. The van der Waals surface area contributed by atoms with Crippen LogP contribution < -0.4 is 10.6 Å². The average Bonchev–Trinajstić information content (AvgIpc) is 2.66. The van der Waals surface area contributed by atoms with E-state index in [2.05, 4.69) is 10.6 Å². The molecule has 2 aromatic carbocycles. The van der Waals surface area contributed by atoms with Gasteiger partial charge in [-0.1, -0.05) is 42.5 Å². The van der Waals surface area contributed by atoms with Crippen LogP contribution in [0.1, 0.15) is 18.1 Å². The van der Waals surface area contributed by atoms with E-state index in [-0.39, 0.29) is 12.8 Å². The minimum absolute atomic E-state index is 0.0857. The van der Waals surface area contributed by atoms with Crippen molar-refractivity contribution in [3.8, 4) is 0 Å². The molecule has 0 saturated carbocycles. The standard InChI is InChI=1S/C21H23FN2O4/c1-14(25)23-18(13-16-9-6-10-17(22)11-16)20(26)24-19(21(27)28-2)12-15-7-4-3-5-8-15/h3-11,18-19H,12-13H2,1-2H3,(H,23,25)(H,24,26)/t18-,19-/m1/s1. The van der Waals surface area contributed by atoms with Crippen LogP contribution in [0.15, 0.2) is 54.6 Å². The van der Waals surface area contributed by atoms with E-state index >= 15 is 0 Å². The largest absolute Gasteiger partial charge is 0.467 e. The van der Waals surface area contributed by atoms with Crippen LogP contribution in [-0.4, -0.2) is 37.0 Å². The van der Waals surface area contributed by atoms with Gasteiger partial charge in [0.1, 0.15) is 17.9 Å². The fraction of sp³-hybridized carbons (Fsp3) is 0.286. The van der Waals surface area contributed by atoms with Crippen molar-refractivity contribution < 1.29 is 23.5 Å². The third kappa shape index (κ3) is 6.50. The zero-order valence-corrected chi connectivity index (χ0v) is 15.8. The molecule has 6 nitrogen and oxygen atoms in total. The fourth-order valence-electron chi connectivity index (χ4n) is 2.81. The predicted molar refractivity (Wildman–Crippen MR) is 102 cm³/mol. The van der Waals surface area contributed by atoms with E-state index in [9.17, 15) is 18.8 Å². The number of rotatable bonds is 8. The van der Waals surface area contributed by atoms with Crippen molar-refractivity contribution in [1.29, 1.82) is 0 Å². The van der Waals surface area contributed by atoms with Gasteiger partial charge in [0.15, 0.2) is 0 Å². The van der Waals surface area contributed by atoms with Crippen molar-refractivity contribution in [2.75, 3.05) is 7.11 Å². The maximum absolute atomic E-state index is 13.4. The number of hydrogen-bond acceptors (Lipinski definition) is 4. The minimum atomic E-state index is -0.956. The number of carbonyl (C=O) groups is 3. The number of esters is 1. The highest BCUT2D eigenvalue weighted by Crippen LogP contribution is 2.09. The molecule has 2 rings (SSSR count). The van der Waals surface area contributed by atoms with Gasteiger partial charge in [-0.3, -0.25) is 9.59 Å². The molecule has 148 valence electrons. The van der Waals surface area contributed by atoms with Crippen molar-refractivity contribution >= 4 is 17.8 Å². The Bertz CT molecular complexity index is 826. The number of halogens is 1. The number of hydrogen-bond donors (Lipinski definition) is 2. The summed E-state index contributed by atoms with van der Waals surface area (Å²) in [6.45, 7) is 1.29. The maximum atomic E-state index is 13.4. The van der Waals surface area contributed by atoms with E-state index in [1.54, 1.807) is 6.07 Å². The summed E-state index contributed by atoms with van der Waals surface area (Å²) in [5, 5.41) is 5.18. The summed E-state index contributed by atoms with van der Waals surface area (Å²) in [7, 11) is 1.24. The monoisotopic (exact) mass is 386 g/mol. The summed E-state index contributed by atoms with van der Waals surface area (Å²) >= 11 is 0. The third-order valence-corrected chi connectivity index (χ3v) is 4.11. The summed E-state index contributed by atoms with van der Waals surface area (Å²) < 4.78 is 18.2. The van der Waals surface area contributed by atoms with E-state index in [4.69, 9.17) is 4.74 Å². The number of methoxy groups -OCH3 is 1. The SMILES string of the molecule is COC(=O)[C@@H](Cc1ccccc1)NC(=O)[C@@H](Cc1cccc(F)c1)NC(C)=O. The molecule has 0 fully saturated rings. The maximum Gasteiger partial charge on any atom is 0.328 e. The molecule has 0 unspecified atom stereocenters. The lowest BCUT2D eigenvalue weighted by Gasteiger charge is -2.22. The average molecular weight is 386 g/mol. The van der Waals surface area contributed by atoms with E-state index < -0.39 is 35.7 Å². The molecule has 7 heteroatoms. The number of amides is 2. The highest BCUT2D eigenvalue weighted by molar-refractivity contribution is 5.90. The van der Waals surface area contributed by atoms with Gasteiger partial charge in [-0.2, -0.15) is 0 Å². The van der Waals surface area contributed by atoms with Crippen LogP contribution in [0, 0.1) is 5.82 Å². The quantitative estimate of drug-likeness (QED) is 0.678. The summed E-state index contributed by atoms with van der Waals surface area (Å²) in [5.74, 6) is -1.99. The Balaban J connectivity index is 2.15. The molecule has 2 aromatic rings. The normalized spacial score (nSPS) is 12.5. The first-order chi connectivity index (χ1) is 13.4. The van der Waals surface area contributed by atoms with Crippen molar-refractivity contribution in [3.63, 3.8) is 0 Å². The van der Waals surface area contributed by atoms with E-state index in [0.29, 0.717) is 5.56 Å². The number of ether oxygens (including phenoxy) is 1. The van der Waals surface area contributed by atoms with Gasteiger partial charge in [0.05, 0.1) is 7.11 Å². The number of benzene rings is 2. The van der Waals surface area contributed by atoms with Crippen LogP contribution in [0.4, 0.5) is 4.39 Å². The van der Waals surface area contributed by atoms with Gasteiger partial charge >= 0.3 is 5.97 Å². The first-order valence-corrected chi connectivity index (χ1v) is 8.82. The Morgan fingerprint density at radius 1 is 0.929 bits per heavy atom. The van der Waals surface area contributed by atoms with Crippen molar-refractivity contribution in [1.82, 2.24) is 10.6 Å². The fourth-order valence-corrected chi connectivity index (χ4v) is 2.81. The number of carbonyl (C=O) groups excluding carboxylic acids is 3. The molecular formula is C21H23FN2O4. The van der Waals surface area contributed by atoms with Crippen LogP contribution in [0.2, 0.25) is 0 Å². The van der Waals surface area contributed by atoms with Gasteiger partial charge in [0.25, 0.3) is 0 Å². The Morgan fingerprint density at radius 2 is 1.57 bits per heavy atom. The molecular weight excluding hydrogens is 363 g/mol. The molecule has 2 amide bonds. The first kappa shape index (κ1) is 21.1. The Labute approximate surface area is 163 Å². The molecule has 0 heterocycles. The topological polar surface area (TPSA) is 84.5 Å². The molecule has 0 aliphatic rings. The summed E-state index contributed by atoms with van der Waals surface area (Å²) in [4.78, 5) is 36.4. The van der Waals surface area contributed by atoms with Crippen LogP contribution in [-0.2, 0) is 32.0 Å². The Hall–Kier alpha value is -3.22. The second kappa shape index (κ2) is 10.2. The molecule has 0 aromatic heterocycles. The third-order valence-electron chi connectivity index (χ3n) is 4.11. The molecule has 0 spiro atoms. The van der Waals surface area contributed by atoms with Crippen molar-refractivity contribution in [2.45, 2.75) is 31.8 Å². The van der Waals surface area contributed by atoms with Gasteiger partial charge in [0, 0.05) is 19.8 Å². The molecule has 0 saturated heterocycles. The second-order valence-electron chi connectivity index (χ2n) is 6.36. The van der Waals surface area contributed by atoms with Gasteiger partial charge in [-0.15, -0.1) is 0 Å². The van der Waals surface area contributed by atoms with Crippen molar-refractivity contribution in [3.05, 3.63) is 71.5 Å².